The number of nitrogens with one attached hydrogen (secondary N) is 1. The van der Waals surface area contributed by atoms with E-state index in [1.54, 1.807) is 13.0 Å². The first kappa shape index (κ1) is 13.0. The number of anilines is 1. The highest BCUT2D eigenvalue weighted by Gasteiger charge is 2.15. The highest BCUT2D eigenvalue weighted by Crippen LogP contribution is 2.20. The molecule has 3 rings (SSSR count). The lowest BCUT2D eigenvalue weighted by atomic mass is 10.2. The van der Waals surface area contributed by atoms with E-state index in [0.717, 1.165) is 0 Å². The van der Waals surface area contributed by atoms with Crippen LogP contribution < -0.4 is 5.32 Å². The zero-order valence-corrected chi connectivity index (χ0v) is 10.8. The number of halogens is 1. The zero-order chi connectivity index (χ0) is 14.8. The van der Waals surface area contributed by atoms with Crippen LogP contribution in [-0.4, -0.2) is 21.3 Å². The SMILES string of the molecule is Cc1cc(C(=O)Nc2nnc(-c3cccc(F)c3)o2)no1. The molecule has 8 heteroatoms. The van der Waals surface area contributed by atoms with Crippen molar-refractivity contribution in [3.63, 3.8) is 0 Å². The number of aryl methyl sites for hydroxylation is 1. The van der Waals surface area contributed by atoms with Crippen molar-refractivity contribution in [2.75, 3.05) is 5.32 Å². The maximum absolute atomic E-state index is 13.1. The monoisotopic (exact) mass is 288 g/mol. The van der Waals surface area contributed by atoms with E-state index >= 15 is 0 Å². The van der Waals surface area contributed by atoms with Gasteiger partial charge in [0.15, 0.2) is 5.69 Å². The number of hydrogen-bond acceptors (Lipinski definition) is 6. The molecule has 0 atom stereocenters. The van der Waals surface area contributed by atoms with Crippen molar-refractivity contribution >= 4 is 11.9 Å². The second kappa shape index (κ2) is 5.16. The summed E-state index contributed by atoms with van der Waals surface area (Å²) in [5, 5.41) is 13.3. The Labute approximate surface area is 117 Å². The first-order valence-corrected chi connectivity index (χ1v) is 5.96. The summed E-state index contributed by atoms with van der Waals surface area (Å²) >= 11 is 0. The summed E-state index contributed by atoms with van der Waals surface area (Å²) in [5.41, 5.74) is 0.512. The third kappa shape index (κ3) is 2.78. The molecule has 3 aromatic rings. The van der Waals surface area contributed by atoms with Crippen LogP contribution in [0.2, 0.25) is 0 Å². The topological polar surface area (TPSA) is 94.1 Å². The summed E-state index contributed by atoms with van der Waals surface area (Å²) in [6.07, 6.45) is 0. The van der Waals surface area contributed by atoms with Gasteiger partial charge in [-0.1, -0.05) is 16.3 Å². The van der Waals surface area contributed by atoms with Gasteiger partial charge in [-0.3, -0.25) is 10.1 Å². The largest absolute Gasteiger partial charge is 0.403 e. The molecule has 21 heavy (non-hydrogen) atoms. The molecule has 0 bridgehead atoms. The van der Waals surface area contributed by atoms with Gasteiger partial charge in [-0.2, -0.15) is 0 Å². The average Bonchev–Trinajstić information content (AvgIpc) is 3.08. The maximum atomic E-state index is 13.1. The van der Waals surface area contributed by atoms with E-state index in [4.69, 9.17) is 8.94 Å². The summed E-state index contributed by atoms with van der Waals surface area (Å²) in [6.45, 7) is 1.67. The summed E-state index contributed by atoms with van der Waals surface area (Å²) < 4.78 is 23.2. The molecular formula is C13H9FN4O3. The van der Waals surface area contributed by atoms with E-state index < -0.39 is 11.7 Å². The number of nitrogens with zero attached hydrogens (tertiary/aromatic N) is 3. The number of amides is 1. The molecule has 0 aliphatic rings. The molecule has 0 saturated carbocycles. The van der Waals surface area contributed by atoms with Gasteiger partial charge in [0, 0.05) is 11.6 Å². The van der Waals surface area contributed by atoms with Crippen LogP contribution in [0.1, 0.15) is 16.2 Å². The lowest BCUT2D eigenvalue weighted by Gasteiger charge is -1.96. The number of rotatable bonds is 3. The Hall–Kier alpha value is -3.03. The van der Waals surface area contributed by atoms with E-state index in [0.29, 0.717) is 11.3 Å². The van der Waals surface area contributed by atoms with E-state index in [1.807, 2.05) is 0 Å². The summed E-state index contributed by atoms with van der Waals surface area (Å²) in [7, 11) is 0. The van der Waals surface area contributed by atoms with Crippen LogP contribution in [0.25, 0.3) is 11.5 Å². The van der Waals surface area contributed by atoms with Gasteiger partial charge in [0.2, 0.25) is 5.89 Å². The van der Waals surface area contributed by atoms with E-state index in [1.165, 1.54) is 24.3 Å². The Morgan fingerprint density at radius 1 is 1.29 bits per heavy atom. The van der Waals surface area contributed by atoms with Gasteiger partial charge < -0.3 is 8.94 Å². The third-order valence-corrected chi connectivity index (χ3v) is 2.58. The molecule has 2 aromatic heterocycles. The first-order valence-electron chi connectivity index (χ1n) is 5.96. The van der Waals surface area contributed by atoms with Gasteiger partial charge in [-0.05, 0) is 25.1 Å². The first-order chi connectivity index (χ1) is 10.1. The van der Waals surface area contributed by atoms with Crippen molar-refractivity contribution in [1.29, 1.82) is 0 Å². The van der Waals surface area contributed by atoms with Crippen molar-refractivity contribution in [2.45, 2.75) is 6.92 Å². The van der Waals surface area contributed by atoms with Crippen LogP contribution in [0.4, 0.5) is 10.4 Å². The van der Waals surface area contributed by atoms with E-state index in [9.17, 15) is 9.18 Å². The standard InChI is InChI=1S/C13H9FN4O3/c1-7-5-10(18-21-7)11(19)15-13-17-16-12(20-13)8-3-2-4-9(14)6-8/h2-6H,1H3,(H,15,17,19). The fourth-order valence-corrected chi connectivity index (χ4v) is 1.65. The summed E-state index contributed by atoms with van der Waals surface area (Å²) in [5.74, 6) is -0.358. The minimum Gasteiger partial charge on any atom is -0.403 e. The summed E-state index contributed by atoms with van der Waals surface area (Å²) in [4.78, 5) is 11.8. The zero-order valence-electron chi connectivity index (χ0n) is 10.8. The van der Waals surface area contributed by atoms with Crippen LogP contribution in [-0.2, 0) is 0 Å². The third-order valence-electron chi connectivity index (χ3n) is 2.58. The van der Waals surface area contributed by atoms with Crippen molar-refractivity contribution < 1.29 is 18.1 Å². The van der Waals surface area contributed by atoms with Crippen molar-refractivity contribution in [3.8, 4) is 11.5 Å². The van der Waals surface area contributed by atoms with E-state index in [2.05, 4.69) is 20.7 Å². The van der Waals surface area contributed by atoms with Gasteiger partial charge in [0.1, 0.15) is 11.6 Å². The van der Waals surface area contributed by atoms with Gasteiger partial charge in [0.25, 0.3) is 5.91 Å². The average molecular weight is 288 g/mol. The number of carbonyl (C=O) groups excluding carboxylic acids is 1. The lowest BCUT2D eigenvalue weighted by molar-refractivity contribution is 0.101. The van der Waals surface area contributed by atoms with Crippen LogP contribution >= 0.6 is 0 Å². The second-order valence-electron chi connectivity index (χ2n) is 4.20. The minimum atomic E-state index is -0.540. The van der Waals surface area contributed by atoms with Gasteiger partial charge >= 0.3 is 6.01 Å². The fraction of sp³-hybridized carbons (Fsp3) is 0.0769. The van der Waals surface area contributed by atoms with Crippen LogP contribution in [0.15, 0.2) is 39.3 Å². The molecule has 0 aliphatic heterocycles. The normalized spacial score (nSPS) is 10.6. The van der Waals surface area contributed by atoms with Crippen LogP contribution in [0, 0.1) is 12.7 Å². The van der Waals surface area contributed by atoms with Crippen molar-refractivity contribution in [1.82, 2.24) is 15.4 Å². The van der Waals surface area contributed by atoms with Crippen molar-refractivity contribution in [3.05, 3.63) is 47.6 Å². The Bertz CT molecular complexity index is 796. The Balaban J connectivity index is 1.78. The van der Waals surface area contributed by atoms with Gasteiger partial charge in [-0.15, -0.1) is 5.10 Å². The smallest absolute Gasteiger partial charge is 0.322 e. The molecule has 1 N–H and O–H groups in total. The molecule has 1 aromatic carbocycles. The molecule has 0 aliphatic carbocycles. The minimum absolute atomic E-state index is 0.0954. The quantitative estimate of drug-likeness (QED) is 0.795. The lowest BCUT2D eigenvalue weighted by Crippen LogP contribution is -2.12. The number of aromatic nitrogens is 3. The Morgan fingerprint density at radius 2 is 2.14 bits per heavy atom. The van der Waals surface area contributed by atoms with E-state index in [-0.39, 0.29) is 17.6 Å². The number of carbonyl (C=O) groups is 1. The molecule has 1 amide bonds. The predicted molar refractivity (Wildman–Crippen MR) is 68.9 cm³/mol. The predicted octanol–water partition coefficient (Wildman–Crippen LogP) is 2.42. The molecule has 2 heterocycles. The van der Waals surface area contributed by atoms with Crippen molar-refractivity contribution in [2.24, 2.45) is 0 Å². The molecule has 0 fully saturated rings. The molecule has 7 nitrogen and oxygen atoms in total. The fourth-order valence-electron chi connectivity index (χ4n) is 1.65. The van der Waals surface area contributed by atoms with Gasteiger partial charge in [0.05, 0.1) is 0 Å². The molecule has 0 radical (unpaired) electrons. The van der Waals surface area contributed by atoms with Gasteiger partial charge in [-0.25, -0.2) is 4.39 Å². The maximum Gasteiger partial charge on any atom is 0.322 e. The van der Waals surface area contributed by atoms with Crippen LogP contribution in [0.3, 0.4) is 0 Å². The molecule has 0 unspecified atom stereocenters. The molecule has 0 saturated heterocycles. The molecular weight excluding hydrogens is 279 g/mol. The number of hydrogen-bond donors (Lipinski definition) is 1. The second-order valence-corrected chi connectivity index (χ2v) is 4.20. The highest BCUT2D eigenvalue weighted by atomic mass is 19.1. The molecule has 0 spiro atoms. The Kier molecular flexibility index (Phi) is 3.19. The summed E-state index contributed by atoms with van der Waals surface area (Å²) in [6, 6.07) is 7.04. The van der Waals surface area contributed by atoms with Crippen LogP contribution in [0.5, 0.6) is 0 Å². The molecule has 106 valence electrons. The Morgan fingerprint density at radius 3 is 2.86 bits per heavy atom. The number of benzene rings is 1. The highest BCUT2D eigenvalue weighted by molar-refractivity contribution is 6.01.